The molecule has 1 aromatic rings. The van der Waals surface area contributed by atoms with Crippen LogP contribution in [0, 0.1) is 0 Å². The molecule has 0 saturated heterocycles. The molecule has 86 valence electrons. The summed E-state index contributed by atoms with van der Waals surface area (Å²) in [7, 11) is 1.40. The third-order valence-corrected chi connectivity index (χ3v) is 1.78. The summed E-state index contributed by atoms with van der Waals surface area (Å²) in [4.78, 5) is 0. The van der Waals surface area contributed by atoms with Crippen LogP contribution in [0.1, 0.15) is 11.6 Å². The normalized spacial score (nSPS) is 12.1. The molecule has 0 amide bonds. The molecule has 8 heteroatoms. The van der Waals surface area contributed by atoms with E-state index in [0.717, 1.165) is 4.57 Å². The molecule has 5 nitrogen and oxygen atoms in total. The summed E-state index contributed by atoms with van der Waals surface area (Å²) in [5.41, 5.74) is 5.25. The lowest BCUT2D eigenvalue weighted by atomic mass is 10.5. The quantitative estimate of drug-likeness (QED) is 0.804. The smallest absolute Gasteiger partial charge is 0.383 e. The van der Waals surface area contributed by atoms with Crippen molar-refractivity contribution < 1.29 is 17.9 Å². The van der Waals surface area contributed by atoms with Gasteiger partial charge in [-0.25, -0.2) is 0 Å². The first-order valence-electron chi connectivity index (χ1n) is 4.19. The molecular formula is C7H11F3N4O. The Morgan fingerprint density at radius 2 is 2.07 bits per heavy atom. The molecule has 0 atom stereocenters. The van der Waals surface area contributed by atoms with Crippen molar-refractivity contribution in [2.45, 2.75) is 19.3 Å². The number of hydrogen-bond donors (Lipinski definition) is 1. The van der Waals surface area contributed by atoms with Crippen LogP contribution in [-0.4, -0.2) is 28.5 Å². The average molecular weight is 224 g/mol. The van der Waals surface area contributed by atoms with Gasteiger partial charge in [-0.1, -0.05) is 0 Å². The van der Waals surface area contributed by atoms with Crippen LogP contribution in [0.25, 0.3) is 0 Å². The van der Waals surface area contributed by atoms with Gasteiger partial charge in [-0.15, -0.1) is 10.2 Å². The van der Waals surface area contributed by atoms with Gasteiger partial charge < -0.3 is 15.0 Å². The second-order valence-corrected chi connectivity index (χ2v) is 2.79. The van der Waals surface area contributed by atoms with E-state index < -0.39 is 12.0 Å². The van der Waals surface area contributed by atoms with Crippen molar-refractivity contribution in [1.82, 2.24) is 14.8 Å². The number of alkyl halides is 3. The lowest BCUT2D eigenvalue weighted by molar-refractivity contribution is -0.147. The standard InChI is InChI=1S/C7H11F3N4O/c1-15-3-2-14-5(4-11)12-13-6(14)7(8,9)10/h2-4,11H2,1H3. The molecule has 0 aromatic carbocycles. The largest absolute Gasteiger partial charge is 0.451 e. The summed E-state index contributed by atoms with van der Waals surface area (Å²) in [6.07, 6.45) is -4.52. The van der Waals surface area contributed by atoms with Crippen molar-refractivity contribution >= 4 is 0 Å². The fourth-order valence-corrected chi connectivity index (χ4v) is 1.11. The van der Waals surface area contributed by atoms with Gasteiger partial charge in [-0.2, -0.15) is 13.2 Å². The minimum atomic E-state index is -4.52. The van der Waals surface area contributed by atoms with E-state index in [0.29, 0.717) is 0 Å². The van der Waals surface area contributed by atoms with Crippen LogP contribution in [0.3, 0.4) is 0 Å². The van der Waals surface area contributed by atoms with Gasteiger partial charge in [0.25, 0.3) is 0 Å². The topological polar surface area (TPSA) is 66.0 Å². The van der Waals surface area contributed by atoms with Crippen molar-refractivity contribution in [2.75, 3.05) is 13.7 Å². The van der Waals surface area contributed by atoms with E-state index in [4.69, 9.17) is 10.5 Å². The van der Waals surface area contributed by atoms with Crippen molar-refractivity contribution in [3.8, 4) is 0 Å². The Kier molecular flexibility index (Phi) is 3.64. The predicted octanol–water partition coefficient (Wildman–Crippen LogP) is 0.402. The van der Waals surface area contributed by atoms with Crippen LogP contribution in [0.4, 0.5) is 13.2 Å². The van der Waals surface area contributed by atoms with E-state index in [1.54, 1.807) is 0 Å². The van der Waals surface area contributed by atoms with Crippen LogP contribution >= 0.6 is 0 Å². The fraction of sp³-hybridized carbons (Fsp3) is 0.714. The molecule has 0 bridgehead atoms. The maximum absolute atomic E-state index is 12.4. The highest BCUT2D eigenvalue weighted by Crippen LogP contribution is 2.27. The van der Waals surface area contributed by atoms with E-state index in [9.17, 15) is 13.2 Å². The molecule has 0 aliphatic rings. The Labute approximate surface area is 84.0 Å². The maximum Gasteiger partial charge on any atom is 0.451 e. The third-order valence-electron chi connectivity index (χ3n) is 1.78. The monoisotopic (exact) mass is 224 g/mol. The molecule has 1 heterocycles. The second kappa shape index (κ2) is 4.58. The average Bonchev–Trinajstić information content (AvgIpc) is 2.56. The van der Waals surface area contributed by atoms with Gasteiger partial charge in [0.1, 0.15) is 5.82 Å². The molecule has 0 radical (unpaired) electrons. The Morgan fingerprint density at radius 3 is 2.53 bits per heavy atom. The van der Waals surface area contributed by atoms with Crippen LogP contribution in [0.15, 0.2) is 0 Å². The van der Waals surface area contributed by atoms with Crippen LogP contribution in [0.5, 0.6) is 0 Å². The van der Waals surface area contributed by atoms with Crippen molar-refractivity contribution in [1.29, 1.82) is 0 Å². The Bertz CT molecular complexity index is 323. The Balaban J connectivity index is 3.00. The van der Waals surface area contributed by atoms with Gasteiger partial charge in [0, 0.05) is 13.7 Å². The maximum atomic E-state index is 12.4. The molecular weight excluding hydrogens is 213 g/mol. The van der Waals surface area contributed by atoms with Crippen molar-refractivity contribution in [3.63, 3.8) is 0 Å². The summed E-state index contributed by atoms with van der Waals surface area (Å²) in [6, 6.07) is 0. The zero-order chi connectivity index (χ0) is 11.5. The van der Waals surface area contributed by atoms with Crippen LogP contribution in [0.2, 0.25) is 0 Å². The molecule has 0 spiro atoms. The Morgan fingerprint density at radius 1 is 1.40 bits per heavy atom. The second-order valence-electron chi connectivity index (χ2n) is 2.79. The summed E-state index contributed by atoms with van der Waals surface area (Å²) in [5, 5.41) is 6.43. The number of rotatable bonds is 4. The summed E-state index contributed by atoms with van der Waals surface area (Å²) in [6.45, 7) is 0.0891. The number of aromatic nitrogens is 3. The van der Waals surface area contributed by atoms with Crippen LogP contribution < -0.4 is 5.73 Å². The van der Waals surface area contributed by atoms with Gasteiger partial charge in [0.2, 0.25) is 5.82 Å². The van der Waals surface area contributed by atoms with E-state index in [1.807, 2.05) is 0 Å². The van der Waals surface area contributed by atoms with E-state index in [-0.39, 0.29) is 25.5 Å². The number of methoxy groups -OCH3 is 1. The summed E-state index contributed by atoms with van der Waals surface area (Å²) in [5.74, 6) is -0.945. The fourth-order valence-electron chi connectivity index (χ4n) is 1.11. The number of halogens is 3. The lowest BCUT2D eigenvalue weighted by Gasteiger charge is -2.10. The van der Waals surface area contributed by atoms with E-state index in [2.05, 4.69) is 10.2 Å². The molecule has 1 rings (SSSR count). The van der Waals surface area contributed by atoms with Gasteiger partial charge >= 0.3 is 6.18 Å². The number of hydrogen-bond acceptors (Lipinski definition) is 4. The highest BCUT2D eigenvalue weighted by molar-refractivity contribution is 4.99. The number of nitrogens with two attached hydrogens (primary N) is 1. The molecule has 0 saturated carbocycles. The molecule has 0 fully saturated rings. The first kappa shape index (κ1) is 11.9. The minimum absolute atomic E-state index is 0.0326. The molecule has 0 aliphatic carbocycles. The predicted molar refractivity (Wildman–Crippen MR) is 44.8 cm³/mol. The third kappa shape index (κ3) is 2.66. The van der Waals surface area contributed by atoms with Gasteiger partial charge in [0.15, 0.2) is 0 Å². The van der Waals surface area contributed by atoms with Crippen molar-refractivity contribution in [2.24, 2.45) is 5.73 Å². The molecule has 15 heavy (non-hydrogen) atoms. The van der Waals surface area contributed by atoms with Crippen molar-refractivity contribution in [3.05, 3.63) is 11.6 Å². The lowest BCUT2D eigenvalue weighted by Crippen LogP contribution is -2.19. The minimum Gasteiger partial charge on any atom is -0.383 e. The highest BCUT2D eigenvalue weighted by Gasteiger charge is 2.38. The van der Waals surface area contributed by atoms with Gasteiger partial charge in [0.05, 0.1) is 13.2 Å². The van der Waals surface area contributed by atoms with Gasteiger partial charge in [-0.3, -0.25) is 0 Å². The zero-order valence-electron chi connectivity index (χ0n) is 8.08. The highest BCUT2D eigenvalue weighted by atomic mass is 19.4. The van der Waals surface area contributed by atoms with Gasteiger partial charge in [-0.05, 0) is 0 Å². The van der Waals surface area contributed by atoms with E-state index >= 15 is 0 Å². The Hall–Kier alpha value is -1.15. The summed E-state index contributed by atoms with van der Waals surface area (Å²) < 4.78 is 42.9. The SMILES string of the molecule is COCCn1c(CN)nnc1C(F)(F)F. The molecule has 0 aliphatic heterocycles. The number of ether oxygens (including phenoxy) is 1. The summed E-state index contributed by atoms with van der Waals surface area (Å²) >= 11 is 0. The van der Waals surface area contributed by atoms with E-state index in [1.165, 1.54) is 7.11 Å². The first-order chi connectivity index (χ1) is 7.00. The molecule has 0 unspecified atom stereocenters. The molecule has 1 aromatic heterocycles. The molecule has 2 N–H and O–H groups in total. The van der Waals surface area contributed by atoms with Crippen LogP contribution in [-0.2, 0) is 24.0 Å². The first-order valence-corrected chi connectivity index (χ1v) is 4.19. The number of nitrogens with zero attached hydrogens (tertiary/aromatic N) is 3. The zero-order valence-corrected chi connectivity index (χ0v) is 8.08.